The van der Waals surface area contributed by atoms with Gasteiger partial charge in [0.25, 0.3) is 5.91 Å². The maximum absolute atomic E-state index is 13.6. The van der Waals surface area contributed by atoms with Crippen LogP contribution in [0.2, 0.25) is 0 Å². The van der Waals surface area contributed by atoms with Gasteiger partial charge >= 0.3 is 6.09 Å². The molecule has 1 spiro atoms. The first-order chi connectivity index (χ1) is 19.4. The van der Waals surface area contributed by atoms with Gasteiger partial charge in [0, 0.05) is 55.8 Å². The number of carbonyl (C=O) groups excluding carboxylic acids is 2. The third-order valence-corrected chi connectivity index (χ3v) is 10.4. The maximum atomic E-state index is 13.6. The van der Waals surface area contributed by atoms with Crippen LogP contribution in [0, 0.1) is 6.92 Å². The second kappa shape index (κ2) is 10.2. The van der Waals surface area contributed by atoms with E-state index in [2.05, 4.69) is 39.2 Å². The minimum absolute atomic E-state index is 0.0278. The molecule has 7 rings (SSSR count). The zero-order valence-electron chi connectivity index (χ0n) is 23.8. The van der Waals surface area contributed by atoms with Crippen LogP contribution in [-0.2, 0) is 28.5 Å². The van der Waals surface area contributed by atoms with Crippen LogP contribution in [0.1, 0.15) is 72.3 Å². The van der Waals surface area contributed by atoms with E-state index < -0.39 is 0 Å². The maximum Gasteiger partial charge on any atom is 0.410 e. The molecule has 9 heteroatoms. The molecule has 214 valence electrons. The number of rotatable bonds is 3. The molecule has 2 bridgehead atoms. The third-order valence-electron chi connectivity index (χ3n) is 10.4. The van der Waals surface area contributed by atoms with E-state index >= 15 is 0 Å². The number of aromatic nitrogens is 2. The van der Waals surface area contributed by atoms with Gasteiger partial charge in [0.05, 0.1) is 13.2 Å². The summed E-state index contributed by atoms with van der Waals surface area (Å²) in [7, 11) is 1.89. The summed E-state index contributed by atoms with van der Waals surface area (Å²) in [5.41, 5.74) is 4.18. The van der Waals surface area contributed by atoms with Gasteiger partial charge in [-0.3, -0.25) is 9.48 Å². The molecule has 4 fully saturated rings. The number of carbonyl (C=O) groups is 2. The molecule has 2 unspecified atom stereocenters. The molecule has 2 aromatic rings. The predicted octanol–water partition coefficient (Wildman–Crippen LogP) is 3.64. The first-order valence-corrected chi connectivity index (χ1v) is 15.1. The summed E-state index contributed by atoms with van der Waals surface area (Å²) in [6.45, 7) is 6.62. The Morgan fingerprint density at radius 3 is 2.48 bits per heavy atom. The van der Waals surface area contributed by atoms with Gasteiger partial charge in [-0.25, -0.2) is 4.79 Å². The molecule has 5 aliphatic heterocycles. The molecule has 2 amide bonds. The molecule has 0 radical (unpaired) electrons. The Hall–Kier alpha value is -2.91. The van der Waals surface area contributed by atoms with Crippen molar-refractivity contribution in [3.05, 3.63) is 52.8 Å². The van der Waals surface area contributed by atoms with E-state index in [1.165, 1.54) is 11.1 Å². The highest BCUT2D eigenvalue weighted by Crippen LogP contribution is 2.45. The van der Waals surface area contributed by atoms with Gasteiger partial charge in [-0.15, -0.1) is 0 Å². The van der Waals surface area contributed by atoms with Crippen LogP contribution < -0.4 is 0 Å². The Balaban J connectivity index is 1.03. The lowest BCUT2D eigenvalue weighted by molar-refractivity contribution is 0.00544. The average Bonchev–Trinajstić information content (AvgIpc) is 3.66. The molecule has 3 atom stereocenters. The van der Waals surface area contributed by atoms with Gasteiger partial charge in [-0.1, -0.05) is 24.3 Å². The van der Waals surface area contributed by atoms with Crippen molar-refractivity contribution in [1.82, 2.24) is 24.5 Å². The number of benzene rings is 1. The van der Waals surface area contributed by atoms with Crippen LogP contribution in [-0.4, -0.2) is 93.6 Å². The Bertz CT molecular complexity index is 1240. The zero-order chi connectivity index (χ0) is 27.4. The summed E-state index contributed by atoms with van der Waals surface area (Å²) in [6.07, 6.45) is 6.86. The topological polar surface area (TPSA) is 80.1 Å². The molecule has 0 aliphatic carbocycles. The largest absolute Gasteiger partial charge is 0.444 e. The molecule has 4 saturated heterocycles. The van der Waals surface area contributed by atoms with Gasteiger partial charge in [-0.2, -0.15) is 5.10 Å². The van der Waals surface area contributed by atoms with Crippen molar-refractivity contribution >= 4 is 12.0 Å². The number of amides is 2. The molecule has 40 heavy (non-hydrogen) atoms. The van der Waals surface area contributed by atoms with Crippen LogP contribution >= 0.6 is 0 Å². The highest BCUT2D eigenvalue weighted by molar-refractivity contribution is 5.92. The fraction of sp³-hybridized carbons (Fsp3) is 0.645. The van der Waals surface area contributed by atoms with E-state index in [0.29, 0.717) is 31.5 Å². The highest BCUT2D eigenvalue weighted by Gasteiger charge is 2.49. The van der Waals surface area contributed by atoms with E-state index in [1.807, 2.05) is 24.9 Å². The minimum atomic E-state index is -0.134. The first-order valence-electron chi connectivity index (χ1n) is 15.1. The van der Waals surface area contributed by atoms with E-state index in [1.54, 1.807) is 4.68 Å². The molecule has 0 saturated carbocycles. The van der Waals surface area contributed by atoms with Crippen molar-refractivity contribution < 1.29 is 19.1 Å². The zero-order valence-corrected chi connectivity index (χ0v) is 23.8. The van der Waals surface area contributed by atoms with Crippen LogP contribution in [0.15, 0.2) is 30.3 Å². The van der Waals surface area contributed by atoms with Gasteiger partial charge in [0.2, 0.25) is 0 Å². The first kappa shape index (κ1) is 26.0. The second-order valence-corrected chi connectivity index (χ2v) is 12.7. The fourth-order valence-electron chi connectivity index (χ4n) is 8.16. The Morgan fingerprint density at radius 2 is 1.80 bits per heavy atom. The van der Waals surface area contributed by atoms with Crippen molar-refractivity contribution in [2.24, 2.45) is 7.05 Å². The summed E-state index contributed by atoms with van der Waals surface area (Å²) in [4.78, 5) is 33.4. The van der Waals surface area contributed by atoms with Crippen molar-refractivity contribution in [2.45, 2.75) is 88.1 Å². The highest BCUT2D eigenvalue weighted by atomic mass is 16.6. The number of ether oxygens (including phenoxy) is 2. The summed E-state index contributed by atoms with van der Waals surface area (Å²) in [5, 5.41) is 4.49. The Labute approximate surface area is 236 Å². The van der Waals surface area contributed by atoms with Crippen molar-refractivity contribution in [3.63, 3.8) is 0 Å². The van der Waals surface area contributed by atoms with Crippen molar-refractivity contribution in [3.8, 4) is 0 Å². The monoisotopic (exact) mass is 547 g/mol. The number of nitrogens with zero attached hydrogens (tertiary/aromatic N) is 5. The number of aryl methyl sites for hydroxylation is 2. The number of hydrogen-bond acceptors (Lipinski definition) is 6. The van der Waals surface area contributed by atoms with E-state index in [0.717, 1.165) is 70.3 Å². The molecule has 1 aromatic heterocycles. The van der Waals surface area contributed by atoms with Crippen molar-refractivity contribution in [1.29, 1.82) is 0 Å². The molecule has 1 aromatic carbocycles. The normalized spacial score (nSPS) is 29.6. The lowest BCUT2D eigenvalue weighted by Crippen LogP contribution is -2.57. The quantitative estimate of drug-likeness (QED) is 0.584. The van der Waals surface area contributed by atoms with Crippen molar-refractivity contribution in [2.75, 3.05) is 32.8 Å². The molecule has 0 N–H and O–H groups in total. The minimum Gasteiger partial charge on any atom is -0.444 e. The molecule has 6 heterocycles. The lowest BCUT2D eigenvalue weighted by atomic mass is 9.68. The lowest BCUT2D eigenvalue weighted by Gasteiger charge is -2.51. The Kier molecular flexibility index (Phi) is 6.62. The van der Waals surface area contributed by atoms with Gasteiger partial charge in [-0.05, 0) is 75.7 Å². The van der Waals surface area contributed by atoms with Crippen LogP contribution in [0.3, 0.4) is 0 Å². The molecular formula is C31H41N5O4. The Morgan fingerprint density at radius 1 is 1.05 bits per heavy atom. The smallest absolute Gasteiger partial charge is 0.410 e. The number of hydrogen-bond donors (Lipinski definition) is 0. The molecular weight excluding hydrogens is 506 g/mol. The summed E-state index contributed by atoms with van der Waals surface area (Å²) < 4.78 is 13.0. The SMILES string of the molecule is Cc1cc(C(=O)N2Cc3ccccc3C3(CCN(C4CC5CCC(C4)N5C(=O)O[C@H]4CCOC4)CC3)C2)nn1C. The molecule has 9 nitrogen and oxygen atoms in total. The average molecular weight is 548 g/mol. The van der Waals surface area contributed by atoms with Crippen LogP contribution in [0.5, 0.6) is 0 Å². The predicted molar refractivity (Wildman–Crippen MR) is 149 cm³/mol. The van der Waals surface area contributed by atoms with Gasteiger partial charge in [0.15, 0.2) is 5.69 Å². The van der Waals surface area contributed by atoms with E-state index in [4.69, 9.17) is 9.47 Å². The summed E-state index contributed by atoms with van der Waals surface area (Å²) in [6, 6.07) is 11.7. The second-order valence-electron chi connectivity index (χ2n) is 12.7. The third kappa shape index (κ3) is 4.51. The van der Waals surface area contributed by atoms with E-state index in [-0.39, 0.29) is 35.6 Å². The molecule has 5 aliphatic rings. The van der Waals surface area contributed by atoms with E-state index in [9.17, 15) is 9.59 Å². The van der Waals surface area contributed by atoms with Crippen LogP contribution in [0.25, 0.3) is 0 Å². The summed E-state index contributed by atoms with van der Waals surface area (Å²) >= 11 is 0. The summed E-state index contributed by atoms with van der Waals surface area (Å²) in [5.74, 6) is 0.0278. The van der Waals surface area contributed by atoms with Crippen LogP contribution in [0.4, 0.5) is 4.79 Å². The van der Waals surface area contributed by atoms with Gasteiger partial charge in [0.1, 0.15) is 6.10 Å². The fourth-order valence-corrected chi connectivity index (χ4v) is 8.16. The number of likely N-dealkylation sites (tertiary alicyclic amines) is 1. The standard InChI is InChI=1S/C31H41N5O4/c1-21-15-28(32-33(21)2)29(37)35-18-22-5-3-4-6-27(22)31(20-35)10-12-34(13-11-31)25-16-23-7-8-24(17-25)36(23)30(38)40-26-9-14-39-19-26/h3-6,15,23-26H,7-14,16-20H2,1-2H3/t23?,24?,25?,26-/m0/s1. The number of fused-ring (bicyclic) bond motifs is 4. The van der Waals surface area contributed by atoms with Gasteiger partial charge < -0.3 is 24.2 Å². The number of piperidine rings is 2.